The third-order valence-electron chi connectivity index (χ3n) is 2.85. The summed E-state index contributed by atoms with van der Waals surface area (Å²) in [5.41, 5.74) is 2.82. The van der Waals surface area contributed by atoms with Crippen molar-refractivity contribution < 1.29 is 0 Å². The van der Waals surface area contributed by atoms with Crippen LogP contribution in [0.2, 0.25) is 5.02 Å². The molecule has 0 nitrogen and oxygen atoms in total. The number of rotatable bonds is 1. The van der Waals surface area contributed by atoms with Gasteiger partial charge in [0.2, 0.25) is 0 Å². The zero-order valence-electron chi connectivity index (χ0n) is 9.10. The van der Waals surface area contributed by atoms with E-state index in [9.17, 15) is 0 Å². The largest absolute Gasteiger partial charge is 0.0840 e. The summed E-state index contributed by atoms with van der Waals surface area (Å²) < 4.78 is 0. The minimum atomic E-state index is 0.152. The quantitative estimate of drug-likeness (QED) is 0.637. The molecule has 0 aromatic heterocycles. The maximum atomic E-state index is 6.29. The van der Waals surface area contributed by atoms with E-state index in [4.69, 9.17) is 11.6 Å². The summed E-state index contributed by atoms with van der Waals surface area (Å²) >= 11 is 6.29. The van der Waals surface area contributed by atoms with Crippen LogP contribution in [0.4, 0.5) is 0 Å². The van der Waals surface area contributed by atoms with Gasteiger partial charge in [0, 0.05) is 5.02 Å². The van der Waals surface area contributed by atoms with Gasteiger partial charge in [0.25, 0.3) is 0 Å². The predicted octanol–water partition coefficient (Wildman–Crippen LogP) is 4.51. The predicted molar refractivity (Wildman–Crippen MR) is 62.1 cm³/mol. The van der Waals surface area contributed by atoms with Gasteiger partial charge in [-0.05, 0) is 41.4 Å². The molecule has 2 rings (SSSR count). The number of benzene rings is 1. The summed E-state index contributed by atoms with van der Waals surface area (Å²) in [4.78, 5) is 0. The normalized spacial score (nSPS) is 17.1. The van der Waals surface area contributed by atoms with Crippen LogP contribution in [0, 0.1) is 0 Å². The Morgan fingerprint density at radius 2 is 1.86 bits per heavy atom. The van der Waals surface area contributed by atoms with Crippen molar-refractivity contribution in [1.82, 2.24) is 0 Å². The van der Waals surface area contributed by atoms with E-state index in [2.05, 4.69) is 39.0 Å². The summed E-state index contributed by atoms with van der Waals surface area (Å²) in [5, 5.41) is 0.932. The molecule has 1 heteroatoms. The van der Waals surface area contributed by atoms with E-state index in [-0.39, 0.29) is 5.41 Å². The van der Waals surface area contributed by atoms with E-state index in [1.807, 2.05) is 0 Å². The Kier molecular flexibility index (Phi) is 2.35. The highest BCUT2D eigenvalue weighted by molar-refractivity contribution is 6.31. The van der Waals surface area contributed by atoms with E-state index in [1.54, 1.807) is 0 Å². The van der Waals surface area contributed by atoms with Crippen molar-refractivity contribution in [3.63, 3.8) is 0 Å². The van der Waals surface area contributed by atoms with E-state index in [1.165, 1.54) is 24.0 Å². The highest BCUT2D eigenvalue weighted by Crippen LogP contribution is 2.42. The van der Waals surface area contributed by atoms with Gasteiger partial charge in [-0.3, -0.25) is 0 Å². The lowest BCUT2D eigenvalue weighted by molar-refractivity contribution is 0.590. The Labute approximate surface area is 91.3 Å². The van der Waals surface area contributed by atoms with E-state index in [0.29, 0.717) is 0 Å². The molecule has 1 saturated carbocycles. The highest BCUT2D eigenvalue weighted by atomic mass is 35.5. The fraction of sp³-hybridized carbons (Fsp3) is 0.538. The van der Waals surface area contributed by atoms with Crippen molar-refractivity contribution in [2.45, 2.75) is 44.9 Å². The van der Waals surface area contributed by atoms with Crippen LogP contribution in [0.5, 0.6) is 0 Å². The first-order chi connectivity index (χ1) is 6.48. The summed E-state index contributed by atoms with van der Waals surface area (Å²) in [6, 6.07) is 6.58. The first-order valence-corrected chi connectivity index (χ1v) is 5.66. The fourth-order valence-corrected chi connectivity index (χ4v) is 2.28. The lowest BCUT2D eigenvalue weighted by Crippen LogP contribution is -2.11. The van der Waals surface area contributed by atoms with Gasteiger partial charge in [0.1, 0.15) is 0 Å². The Morgan fingerprint density at radius 1 is 1.21 bits per heavy atom. The molecule has 14 heavy (non-hydrogen) atoms. The highest BCUT2D eigenvalue weighted by Gasteiger charge is 2.25. The van der Waals surface area contributed by atoms with Crippen LogP contribution >= 0.6 is 11.6 Å². The Morgan fingerprint density at radius 3 is 2.29 bits per heavy atom. The third-order valence-corrected chi connectivity index (χ3v) is 3.16. The van der Waals surface area contributed by atoms with Gasteiger partial charge in [0.15, 0.2) is 0 Å². The van der Waals surface area contributed by atoms with Gasteiger partial charge in [-0.2, -0.15) is 0 Å². The zero-order chi connectivity index (χ0) is 10.3. The molecule has 0 amide bonds. The molecule has 0 heterocycles. The second-order valence-corrected chi connectivity index (χ2v) is 5.67. The van der Waals surface area contributed by atoms with Crippen LogP contribution in [-0.4, -0.2) is 0 Å². The molecule has 1 aliphatic carbocycles. The van der Waals surface area contributed by atoms with Crippen molar-refractivity contribution in [2.24, 2.45) is 0 Å². The zero-order valence-corrected chi connectivity index (χ0v) is 9.86. The Bertz CT molecular complexity index is 343. The molecule has 0 N–H and O–H groups in total. The monoisotopic (exact) mass is 208 g/mol. The van der Waals surface area contributed by atoms with Crippen molar-refractivity contribution >= 4 is 11.6 Å². The van der Waals surface area contributed by atoms with Gasteiger partial charge in [-0.15, -0.1) is 0 Å². The maximum absolute atomic E-state index is 6.29. The average molecular weight is 209 g/mol. The molecule has 0 spiro atoms. The lowest BCUT2D eigenvalue weighted by atomic mass is 9.86. The first kappa shape index (κ1) is 10.0. The van der Waals surface area contributed by atoms with E-state index < -0.39 is 0 Å². The van der Waals surface area contributed by atoms with Crippen LogP contribution in [0.15, 0.2) is 18.2 Å². The van der Waals surface area contributed by atoms with Gasteiger partial charge in [-0.1, -0.05) is 44.5 Å². The molecule has 76 valence electrons. The van der Waals surface area contributed by atoms with Gasteiger partial charge >= 0.3 is 0 Å². The van der Waals surface area contributed by atoms with Crippen LogP contribution in [0.3, 0.4) is 0 Å². The van der Waals surface area contributed by atoms with Gasteiger partial charge < -0.3 is 0 Å². The molecule has 1 aromatic carbocycles. The molecule has 0 radical (unpaired) electrons. The van der Waals surface area contributed by atoms with Gasteiger partial charge in [0.05, 0.1) is 0 Å². The van der Waals surface area contributed by atoms with E-state index in [0.717, 1.165) is 10.9 Å². The topological polar surface area (TPSA) is 0 Å². The lowest BCUT2D eigenvalue weighted by Gasteiger charge is -2.21. The summed E-state index contributed by atoms with van der Waals surface area (Å²) in [5.74, 6) is 0.793. The smallest absolute Gasteiger partial charge is 0.0446 e. The molecule has 1 aliphatic rings. The Balaban J connectivity index is 2.35. The van der Waals surface area contributed by atoms with Crippen molar-refractivity contribution in [3.05, 3.63) is 34.3 Å². The van der Waals surface area contributed by atoms with Crippen LogP contribution in [0.1, 0.15) is 50.7 Å². The maximum Gasteiger partial charge on any atom is 0.0446 e. The van der Waals surface area contributed by atoms with Crippen molar-refractivity contribution in [2.75, 3.05) is 0 Å². The minimum Gasteiger partial charge on any atom is -0.0840 e. The first-order valence-electron chi connectivity index (χ1n) is 5.28. The second kappa shape index (κ2) is 3.27. The molecule has 0 unspecified atom stereocenters. The number of halogens is 1. The Hall–Kier alpha value is -0.490. The third kappa shape index (κ3) is 1.95. The van der Waals surface area contributed by atoms with Crippen LogP contribution in [0.25, 0.3) is 0 Å². The molecule has 0 atom stereocenters. The molecule has 0 saturated heterocycles. The molecular weight excluding hydrogens is 192 g/mol. The van der Waals surface area contributed by atoms with Crippen LogP contribution < -0.4 is 0 Å². The molecular formula is C13H17Cl. The average Bonchev–Trinajstić information content (AvgIpc) is 2.83. The minimum absolute atomic E-state index is 0.152. The van der Waals surface area contributed by atoms with Crippen molar-refractivity contribution in [3.8, 4) is 0 Å². The second-order valence-electron chi connectivity index (χ2n) is 5.26. The summed E-state index contributed by atoms with van der Waals surface area (Å²) in [6.45, 7) is 6.60. The van der Waals surface area contributed by atoms with Crippen LogP contribution in [-0.2, 0) is 5.41 Å². The number of hydrogen-bond donors (Lipinski definition) is 0. The number of hydrogen-bond acceptors (Lipinski definition) is 0. The van der Waals surface area contributed by atoms with Gasteiger partial charge in [-0.25, -0.2) is 0 Å². The molecule has 1 fully saturated rings. The molecule has 0 aliphatic heterocycles. The standard InChI is InChI=1S/C13H17Cl/c1-13(2,3)11-7-6-10(8-12(11)14)9-4-5-9/h6-9H,4-5H2,1-3H3. The summed E-state index contributed by atoms with van der Waals surface area (Å²) in [6.07, 6.45) is 2.68. The fourth-order valence-electron chi connectivity index (χ4n) is 1.81. The summed E-state index contributed by atoms with van der Waals surface area (Å²) in [7, 11) is 0. The van der Waals surface area contributed by atoms with Crippen molar-refractivity contribution in [1.29, 1.82) is 0 Å². The van der Waals surface area contributed by atoms with E-state index >= 15 is 0 Å². The molecule has 1 aromatic rings. The molecule has 0 bridgehead atoms. The SMILES string of the molecule is CC(C)(C)c1ccc(C2CC2)cc1Cl.